The number of hydrogen-bond donors (Lipinski definition) is 3. The van der Waals surface area contributed by atoms with Crippen LogP contribution >= 0.6 is 25.3 Å². The molecule has 3 aromatic carbocycles. The van der Waals surface area contributed by atoms with Crippen molar-refractivity contribution in [3.63, 3.8) is 0 Å². The molecule has 0 aliphatic rings. The van der Waals surface area contributed by atoms with E-state index in [-0.39, 0.29) is 11.2 Å². The standard InChI is InChI=1S/C24H25NOS2/c26-24(25-16-17-27)22-13-7-6-12-21(22)20-11-5-4-8-18(20)14-15-23(28)19-9-2-1-3-10-19/h1-13,23,27-28H,14-17H2,(H,25,26). The van der Waals surface area contributed by atoms with Crippen LogP contribution in [0.2, 0.25) is 0 Å². The molecule has 1 amide bonds. The van der Waals surface area contributed by atoms with Crippen LogP contribution in [-0.2, 0) is 6.42 Å². The molecule has 0 spiro atoms. The third-order valence-electron chi connectivity index (χ3n) is 4.75. The Labute approximate surface area is 178 Å². The van der Waals surface area contributed by atoms with E-state index in [2.05, 4.69) is 48.3 Å². The van der Waals surface area contributed by atoms with Gasteiger partial charge >= 0.3 is 0 Å². The van der Waals surface area contributed by atoms with E-state index in [0.29, 0.717) is 17.9 Å². The highest BCUT2D eigenvalue weighted by Crippen LogP contribution is 2.31. The second-order valence-electron chi connectivity index (χ2n) is 6.65. The zero-order valence-electron chi connectivity index (χ0n) is 15.7. The van der Waals surface area contributed by atoms with Crippen molar-refractivity contribution in [1.29, 1.82) is 0 Å². The molecule has 28 heavy (non-hydrogen) atoms. The molecule has 1 N–H and O–H groups in total. The zero-order valence-corrected chi connectivity index (χ0v) is 17.5. The lowest BCUT2D eigenvalue weighted by Gasteiger charge is -2.16. The van der Waals surface area contributed by atoms with Crippen molar-refractivity contribution in [3.05, 3.63) is 95.6 Å². The molecule has 0 bridgehead atoms. The van der Waals surface area contributed by atoms with Crippen molar-refractivity contribution in [1.82, 2.24) is 5.32 Å². The van der Waals surface area contributed by atoms with E-state index < -0.39 is 0 Å². The van der Waals surface area contributed by atoms with Crippen LogP contribution in [-0.4, -0.2) is 18.2 Å². The van der Waals surface area contributed by atoms with Crippen LogP contribution in [0.5, 0.6) is 0 Å². The molecule has 0 aliphatic heterocycles. The van der Waals surface area contributed by atoms with E-state index in [1.165, 1.54) is 11.1 Å². The predicted octanol–water partition coefficient (Wildman–Crippen LogP) is 5.62. The van der Waals surface area contributed by atoms with Crippen molar-refractivity contribution < 1.29 is 4.79 Å². The summed E-state index contributed by atoms with van der Waals surface area (Å²) in [6.07, 6.45) is 1.82. The van der Waals surface area contributed by atoms with Crippen molar-refractivity contribution in [2.75, 3.05) is 12.3 Å². The molecular weight excluding hydrogens is 382 g/mol. The first kappa shape index (κ1) is 20.6. The number of benzene rings is 3. The average molecular weight is 408 g/mol. The summed E-state index contributed by atoms with van der Waals surface area (Å²) in [6, 6.07) is 26.4. The molecule has 0 heterocycles. The summed E-state index contributed by atoms with van der Waals surface area (Å²) in [4.78, 5) is 12.6. The number of hydrogen-bond acceptors (Lipinski definition) is 3. The molecule has 0 saturated heterocycles. The van der Waals surface area contributed by atoms with Gasteiger partial charge in [0, 0.05) is 23.1 Å². The Morgan fingerprint density at radius 2 is 1.50 bits per heavy atom. The number of nitrogens with one attached hydrogen (secondary N) is 1. The summed E-state index contributed by atoms with van der Waals surface area (Å²) in [6.45, 7) is 0.552. The Kier molecular flexibility index (Phi) is 7.63. The van der Waals surface area contributed by atoms with E-state index >= 15 is 0 Å². The van der Waals surface area contributed by atoms with Crippen LogP contribution in [0.3, 0.4) is 0 Å². The van der Waals surface area contributed by atoms with E-state index in [4.69, 9.17) is 12.6 Å². The van der Waals surface area contributed by atoms with E-state index in [1.807, 2.05) is 48.5 Å². The molecule has 2 nitrogen and oxygen atoms in total. The molecule has 1 unspecified atom stereocenters. The van der Waals surface area contributed by atoms with Gasteiger partial charge in [-0.25, -0.2) is 0 Å². The molecule has 3 rings (SSSR count). The first-order valence-electron chi connectivity index (χ1n) is 9.50. The summed E-state index contributed by atoms with van der Waals surface area (Å²) in [5.41, 5.74) is 5.22. The summed E-state index contributed by atoms with van der Waals surface area (Å²) < 4.78 is 0. The molecule has 144 valence electrons. The second-order valence-corrected chi connectivity index (χ2v) is 7.72. The van der Waals surface area contributed by atoms with E-state index in [9.17, 15) is 4.79 Å². The minimum Gasteiger partial charge on any atom is -0.351 e. The Bertz CT molecular complexity index is 911. The van der Waals surface area contributed by atoms with Crippen LogP contribution in [0.25, 0.3) is 11.1 Å². The number of thiol groups is 2. The van der Waals surface area contributed by atoms with E-state index in [1.54, 1.807) is 0 Å². The van der Waals surface area contributed by atoms with Gasteiger partial charge in [-0.1, -0.05) is 72.8 Å². The molecule has 0 aliphatic carbocycles. The Morgan fingerprint density at radius 3 is 2.25 bits per heavy atom. The lowest BCUT2D eigenvalue weighted by molar-refractivity contribution is 0.0957. The average Bonchev–Trinajstić information content (AvgIpc) is 2.76. The normalized spacial score (nSPS) is 11.8. The Hall–Kier alpha value is -2.17. The van der Waals surface area contributed by atoms with Gasteiger partial charge in [0.2, 0.25) is 0 Å². The highest BCUT2D eigenvalue weighted by molar-refractivity contribution is 7.80. The number of amides is 1. The van der Waals surface area contributed by atoms with Gasteiger partial charge in [0.1, 0.15) is 0 Å². The van der Waals surface area contributed by atoms with Gasteiger partial charge in [-0.3, -0.25) is 4.79 Å². The van der Waals surface area contributed by atoms with Crippen molar-refractivity contribution in [2.24, 2.45) is 0 Å². The molecular formula is C24H25NOS2. The van der Waals surface area contributed by atoms with Crippen molar-refractivity contribution in [3.8, 4) is 11.1 Å². The Morgan fingerprint density at radius 1 is 0.857 bits per heavy atom. The van der Waals surface area contributed by atoms with Crippen molar-refractivity contribution in [2.45, 2.75) is 18.1 Å². The summed E-state index contributed by atoms with van der Waals surface area (Å²) in [5, 5.41) is 3.11. The number of carbonyl (C=O) groups is 1. The first-order valence-corrected chi connectivity index (χ1v) is 10.6. The highest BCUT2D eigenvalue weighted by Gasteiger charge is 2.15. The highest BCUT2D eigenvalue weighted by atomic mass is 32.1. The van der Waals surface area contributed by atoms with Gasteiger partial charge in [-0.2, -0.15) is 25.3 Å². The predicted molar refractivity (Wildman–Crippen MR) is 125 cm³/mol. The molecule has 1 atom stereocenters. The first-order chi connectivity index (χ1) is 13.7. The minimum absolute atomic E-state index is 0.0594. The number of carbonyl (C=O) groups excluding carboxylic acids is 1. The quantitative estimate of drug-likeness (QED) is 0.416. The second kappa shape index (κ2) is 10.4. The largest absolute Gasteiger partial charge is 0.351 e. The molecule has 0 fully saturated rings. The van der Waals surface area contributed by atoms with Gasteiger partial charge in [-0.05, 0) is 41.2 Å². The fraction of sp³-hybridized carbons (Fsp3) is 0.208. The maximum absolute atomic E-state index is 12.6. The van der Waals surface area contributed by atoms with Crippen LogP contribution < -0.4 is 5.32 Å². The fourth-order valence-corrected chi connectivity index (χ4v) is 3.73. The Balaban J connectivity index is 1.84. The third-order valence-corrected chi connectivity index (χ3v) is 5.53. The van der Waals surface area contributed by atoms with E-state index in [0.717, 1.165) is 24.0 Å². The molecule has 4 heteroatoms. The third kappa shape index (κ3) is 5.21. The molecule has 3 aromatic rings. The SMILES string of the molecule is O=C(NCCS)c1ccccc1-c1ccccc1CCC(S)c1ccccc1. The van der Waals surface area contributed by atoms with Gasteiger partial charge < -0.3 is 5.32 Å². The molecule has 0 radical (unpaired) electrons. The van der Waals surface area contributed by atoms with Gasteiger partial charge in [0.05, 0.1) is 0 Å². The lowest BCUT2D eigenvalue weighted by atomic mass is 9.92. The maximum atomic E-state index is 12.6. The van der Waals surface area contributed by atoms with Crippen LogP contribution in [0.1, 0.15) is 33.2 Å². The minimum atomic E-state index is -0.0594. The smallest absolute Gasteiger partial charge is 0.251 e. The van der Waals surface area contributed by atoms with Crippen LogP contribution in [0, 0.1) is 0 Å². The zero-order chi connectivity index (χ0) is 19.8. The summed E-state index contributed by atoms with van der Waals surface area (Å²) in [5.74, 6) is 0.559. The number of aryl methyl sites for hydroxylation is 1. The van der Waals surface area contributed by atoms with Crippen molar-refractivity contribution >= 4 is 31.2 Å². The van der Waals surface area contributed by atoms with Gasteiger partial charge in [-0.15, -0.1) is 0 Å². The van der Waals surface area contributed by atoms with Crippen LogP contribution in [0.4, 0.5) is 0 Å². The maximum Gasteiger partial charge on any atom is 0.251 e. The van der Waals surface area contributed by atoms with Gasteiger partial charge in [0.15, 0.2) is 0 Å². The van der Waals surface area contributed by atoms with Gasteiger partial charge in [0.25, 0.3) is 5.91 Å². The molecule has 0 aromatic heterocycles. The van der Waals surface area contributed by atoms with Crippen LogP contribution in [0.15, 0.2) is 78.9 Å². The molecule has 0 saturated carbocycles. The fourth-order valence-electron chi connectivity index (χ4n) is 3.32. The number of rotatable bonds is 8. The summed E-state index contributed by atoms with van der Waals surface area (Å²) >= 11 is 8.97. The monoisotopic (exact) mass is 407 g/mol. The summed E-state index contributed by atoms with van der Waals surface area (Å²) in [7, 11) is 0. The lowest BCUT2D eigenvalue weighted by Crippen LogP contribution is -2.25. The topological polar surface area (TPSA) is 29.1 Å².